The zero-order valence-electron chi connectivity index (χ0n) is 13.4. The van der Waals surface area contributed by atoms with Crippen molar-refractivity contribution in [3.05, 3.63) is 35.4 Å². The van der Waals surface area contributed by atoms with Gasteiger partial charge in [-0.1, -0.05) is 24.3 Å². The Balaban J connectivity index is 2.11. The molecule has 1 aromatic carbocycles. The summed E-state index contributed by atoms with van der Waals surface area (Å²) < 4.78 is 11.0. The number of rotatable bonds is 5. The molecule has 2 rings (SSSR count). The molecule has 5 nitrogen and oxygen atoms in total. The zero-order chi connectivity index (χ0) is 16.1. The smallest absolute Gasteiger partial charge is 0.339 e. The number of ether oxygens (including phenoxy) is 2. The number of esters is 1. The lowest BCUT2D eigenvalue weighted by molar-refractivity contribution is -0.163. The maximum atomic E-state index is 12.1. The average molecular weight is 305 g/mol. The van der Waals surface area contributed by atoms with Crippen LogP contribution < -0.4 is 0 Å². The molecule has 0 N–H and O–H groups in total. The standard InChI is InChI=1S/C17H23NO4/c1-4-21-17(20)16-14-8-6-5-7-12(14)11-13(22-16)9-10-15(19)18(2)3/h5-8,13,16H,4,9-11H2,1-3H3. The third-order valence-electron chi connectivity index (χ3n) is 3.79. The number of benzene rings is 1. The Hall–Kier alpha value is -1.88. The fraction of sp³-hybridized carbons (Fsp3) is 0.529. The van der Waals surface area contributed by atoms with Gasteiger partial charge in [0.1, 0.15) is 0 Å². The van der Waals surface area contributed by atoms with E-state index in [1.54, 1.807) is 25.9 Å². The van der Waals surface area contributed by atoms with E-state index >= 15 is 0 Å². The van der Waals surface area contributed by atoms with Crippen LogP contribution in [0.4, 0.5) is 0 Å². The van der Waals surface area contributed by atoms with E-state index in [9.17, 15) is 9.59 Å². The van der Waals surface area contributed by atoms with Gasteiger partial charge in [0.05, 0.1) is 12.7 Å². The van der Waals surface area contributed by atoms with E-state index < -0.39 is 6.10 Å². The van der Waals surface area contributed by atoms with Crippen LogP contribution in [0.2, 0.25) is 0 Å². The van der Waals surface area contributed by atoms with E-state index in [4.69, 9.17) is 9.47 Å². The lowest BCUT2D eigenvalue weighted by atomic mass is 9.92. The van der Waals surface area contributed by atoms with Crippen molar-refractivity contribution in [2.45, 2.75) is 38.4 Å². The van der Waals surface area contributed by atoms with E-state index in [1.807, 2.05) is 24.3 Å². The van der Waals surface area contributed by atoms with Crippen LogP contribution in [0.1, 0.15) is 37.0 Å². The largest absolute Gasteiger partial charge is 0.464 e. The summed E-state index contributed by atoms with van der Waals surface area (Å²) in [7, 11) is 3.47. The van der Waals surface area contributed by atoms with Gasteiger partial charge in [0.25, 0.3) is 0 Å². The molecule has 0 saturated carbocycles. The van der Waals surface area contributed by atoms with Crippen molar-refractivity contribution < 1.29 is 19.1 Å². The van der Waals surface area contributed by atoms with Crippen molar-refractivity contribution in [1.82, 2.24) is 4.90 Å². The van der Waals surface area contributed by atoms with Gasteiger partial charge in [0.15, 0.2) is 6.10 Å². The highest BCUT2D eigenvalue weighted by atomic mass is 16.6. The van der Waals surface area contributed by atoms with Gasteiger partial charge >= 0.3 is 5.97 Å². The molecule has 0 aliphatic carbocycles. The van der Waals surface area contributed by atoms with Crippen LogP contribution in [0.3, 0.4) is 0 Å². The number of hydrogen-bond acceptors (Lipinski definition) is 4. The number of amides is 1. The van der Waals surface area contributed by atoms with Gasteiger partial charge in [-0.25, -0.2) is 4.79 Å². The summed E-state index contributed by atoms with van der Waals surface area (Å²) >= 11 is 0. The maximum Gasteiger partial charge on any atom is 0.339 e. The quantitative estimate of drug-likeness (QED) is 0.782. The minimum absolute atomic E-state index is 0.0649. The first-order valence-electron chi connectivity index (χ1n) is 7.63. The third kappa shape index (κ3) is 3.85. The Morgan fingerprint density at radius 2 is 2.05 bits per heavy atom. The Bertz CT molecular complexity index is 541. The molecule has 1 aliphatic heterocycles. The molecular formula is C17H23NO4. The maximum absolute atomic E-state index is 12.1. The minimum atomic E-state index is -0.690. The molecule has 1 aromatic rings. The van der Waals surface area contributed by atoms with Gasteiger partial charge in [-0.15, -0.1) is 0 Å². The van der Waals surface area contributed by atoms with Gasteiger partial charge in [0.2, 0.25) is 5.91 Å². The zero-order valence-corrected chi connectivity index (χ0v) is 13.4. The first-order valence-corrected chi connectivity index (χ1v) is 7.63. The number of nitrogens with zero attached hydrogens (tertiary/aromatic N) is 1. The Kier molecular flexibility index (Phi) is 5.55. The summed E-state index contributed by atoms with van der Waals surface area (Å²) in [5, 5.41) is 0. The van der Waals surface area contributed by atoms with Crippen LogP contribution in [0, 0.1) is 0 Å². The average Bonchev–Trinajstić information content (AvgIpc) is 2.51. The summed E-state index contributed by atoms with van der Waals surface area (Å²) in [6.45, 7) is 2.10. The monoisotopic (exact) mass is 305 g/mol. The highest BCUT2D eigenvalue weighted by Crippen LogP contribution is 2.32. The second kappa shape index (κ2) is 7.40. The molecular weight excluding hydrogens is 282 g/mol. The molecule has 0 spiro atoms. The van der Waals surface area contributed by atoms with Gasteiger partial charge < -0.3 is 14.4 Å². The summed E-state index contributed by atoms with van der Waals surface area (Å²) in [5.41, 5.74) is 1.96. The third-order valence-corrected chi connectivity index (χ3v) is 3.79. The van der Waals surface area contributed by atoms with Crippen LogP contribution in [-0.2, 0) is 25.5 Å². The molecule has 1 aliphatic rings. The van der Waals surface area contributed by atoms with Crippen molar-refractivity contribution in [3.8, 4) is 0 Å². The highest BCUT2D eigenvalue weighted by Gasteiger charge is 2.33. The molecule has 2 atom stereocenters. The summed E-state index contributed by atoms with van der Waals surface area (Å²) in [6.07, 6.45) is 0.890. The fourth-order valence-electron chi connectivity index (χ4n) is 2.61. The second-order valence-electron chi connectivity index (χ2n) is 5.62. The highest BCUT2D eigenvalue weighted by molar-refractivity contribution is 5.77. The van der Waals surface area contributed by atoms with Crippen molar-refractivity contribution in [2.75, 3.05) is 20.7 Å². The van der Waals surface area contributed by atoms with E-state index in [1.165, 1.54) is 0 Å². The second-order valence-corrected chi connectivity index (χ2v) is 5.62. The topological polar surface area (TPSA) is 55.8 Å². The van der Waals surface area contributed by atoms with Crippen molar-refractivity contribution >= 4 is 11.9 Å². The molecule has 0 aromatic heterocycles. The Morgan fingerprint density at radius 1 is 1.32 bits per heavy atom. The molecule has 1 amide bonds. The molecule has 0 bridgehead atoms. The van der Waals surface area contributed by atoms with Gasteiger partial charge in [-0.3, -0.25) is 4.79 Å². The van der Waals surface area contributed by atoms with E-state index in [0.29, 0.717) is 25.9 Å². The predicted octanol–water partition coefficient (Wildman–Crippen LogP) is 2.10. The lowest BCUT2D eigenvalue weighted by Gasteiger charge is -2.31. The summed E-state index contributed by atoms with van der Waals surface area (Å²) in [5.74, 6) is -0.297. The van der Waals surface area contributed by atoms with Gasteiger partial charge in [-0.05, 0) is 30.9 Å². The Morgan fingerprint density at radius 3 is 2.73 bits per heavy atom. The molecule has 22 heavy (non-hydrogen) atoms. The van der Waals surface area contributed by atoms with Gasteiger partial charge in [0, 0.05) is 20.5 Å². The molecule has 2 unspecified atom stereocenters. The van der Waals surface area contributed by atoms with Crippen molar-refractivity contribution in [3.63, 3.8) is 0 Å². The van der Waals surface area contributed by atoms with E-state index in [2.05, 4.69) is 0 Å². The predicted molar refractivity (Wildman–Crippen MR) is 82.3 cm³/mol. The summed E-state index contributed by atoms with van der Waals surface area (Å²) in [4.78, 5) is 25.4. The van der Waals surface area contributed by atoms with Crippen LogP contribution in [0.5, 0.6) is 0 Å². The first-order chi connectivity index (χ1) is 10.5. The summed E-state index contributed by atoms with van der Waals surface area (Å²) in [6, 6.07) is 7.75. The first kappa shape index (κ1) is 16.5. The van der Waals surface area contributed by atoms with Crippen LogP contribution in [0.15, 0.2) is 24.3 Å². The SMILES string of the molecule is CCOC(=O)C1OC(CCC(=O)N(C)C)Cc2ccccc21. The lowest BCUT2D eigenvalue weighted by Crippen LogP contribution is -2.32. The Labute approximate surface area is 131 Å². The van der Waals surface area contributed by atoms with Gasteiger partial charge in [-0.2, -0.15) is 0 Å². The van der Waals surface area contributed by atoms with Crippen molar-refractivity contribution in [2.24, 2.45) is 0 Å². The molecule has 5 heteroatoms. The molecule has 1 heterocycles. The van der Waals surface area contributed by atoms with E-state index in [-0.39, 0.29) is 18.0 Å². The van der Waals surface area contributed by atoms with E-state index in [0.717, 1.165) is 11.1 Å². The van der Waals surface area contributed by atoms with Crippen molar-refractivity contribution in [1.29, 1.82) is 0 Å². The fourth-order valence-corrected chi connectivity index (χ4v) is 2.61. The molecule has 0 fully saturated rings. The molecule has 0 saturated heterocycles. The number of hydrogen-bond donors (Lipinski definition) is 0. The van der Waals surface area contributed by atoms with Crippen LogP contribution >= 0.6 is 0 Å². The van der Waals surface area contributed by atoms with Crippen LogP contribution in [-0.4, -0.2) is 43.6 Å². The molecule has 120 valence electrons. The number of fused-ring (bicyclic) bond motifs is 1. The molecule has 0 radical (unpaired) electrons. The van der Waals surface area contributed by atoms with Crippen LogP contribution in [0.25, 0.3) is 0 Å². The normalized spacial score (nSPS) is 20.1. The number of carbonyl (C=O) groups is 2. The minimum Gasteiger partial charge on any atom is -0.464 e. The number of carbonyl (C=O) groups excluding carboxylic acids is 2.